The highest BCUT2D eigenvalue weighted by molar-refractivity contribution is 9.10. The van der Waals surface area contributed by atoms with Gasteiger partial charge in [-0.25, -0.2) is 4.39 Å². The molecule has 5 heteroatoms. The Kier molecular flexibility index (Phi) is 4.04. The highest BCUT2D eigenvalue weighted by Crippen LogP contribution is 2.31. The third kappa shape index (κ3) is 2.66. The standard InChI is InChI=1S/C10H11BrF2O2/c1-5(14)3-6-4-7(11)8(12)9(13)10(6)15-2/h4-5,14H,3H2,1-2H3. The highest BCUT2D eigenvalue weighted by atomic mass is 79.9. The Morgan fingerprint density at radius 3 is 2.53 bits per heavy atom. The summed E-state index contributed by atoms with van der Waals surface area (Å²) in [7, 11) is 1.26. The number of ether oxygens (including phenoxy) is 1. The van der Waals surface area contributed by atoms with E-state index in [-0.39, 0.29) is 16.6 Å². The molecule has 0 heterocycles. The first-order valence-electron chi connectivity index (χ1n) is 4.35. The Morgan fingerprint density at radius 1 is 1.47 bits per heavy atom. The van der Waals surface area contributed by atoms with Crippen LogP contribution in [0.25, 0.3) is 0 Å². The summed E-state index contributed by atoms with van der Waals surface area (Å²) in [5.41, 5.74) is 0.429. The molecule has 1 rings (SSSR count). The van der Waals surface area contributed by atoms with Crippen LogP contribution < -0.4 is 4.74 Å². The summed E-state index contributed by atoms with van der Waals surface area (Å²) in [6.45, 7) is 1.56. The SMILES string of the molecule is COc1c(CC(C)O)cc(Br)c(F)c1F. The van der Waals surface area contributed by atoms with E-state index in [1.165, 1.54) is 13.2 Å². The lowest BCUT2D eigenvalue weighted by Crippen LogP contribution is -2.08. The molecule has 0 aliphatic rings. The predicted molar refractivity (Wildman–Crippen MR) is 56.0 cm³/mol. The molecule has 1 unspecified atom stereocenters. The summed E-state index contributed by atoms with van der Waals surface area (Å²) in [5, 5.41) is 9.19. The number of halogens is 3. The van der Waals surface area contributed by atoms with Crippen LogP contribution in [-0.4, -0.2) is 18.3 Å². The lowest BCUT2D eigenvalue weighted by atomic mass is 10.1. The van der Waals surface area contributed by atoms with Crippen LogP contribution >= 0.6 is 15.9 Å². The molecule has 0 aliphatic heterocycles. The van der Waals surface area contributed by atoms with Gasteiger partial charge in [0, 0.05) is 12.0 Å². The molecule has 0 saturated carbocycles. The van der Waals surface area contributed by atoms with Gasteiger partial charge in [-0.15, -0.1) is 0 Å². The summed E-state index contributed by atoms with van der Waals surface area (Å²) in [4.78, 5) is 0. The largest absolute Gasteiger partial charge is 0.493 e. The molecule has 0 bridgehead atoms. The molecule has 0 aromatic heterocycles. The number of methoxy groups -OCH3 is 1. The highest BCUT2D eigenvalue weighted by Gasteiger charge is 2.18. The minimum Gasteiger partial charge on any atom is -0.493 e. The smallest absolute Gasteiger partial charge is 0.202 e. The molecule has 15 heavy (non-hydrogen) atoms. The topological polar surface area (TPSA) is 29.5 Å². The summed E-state index contributed by atoms with van der Waals surface area (Å²) >= 11 is 2.90. The van der Waals surface area contributed by atoms with Gasteiger partial charge in [0.05, 0.1) is 17.7 Å². The van der Waals surface area contributed by atoms with Crippen LogP contribution in [0.15, 0.2) is 10.5 Å². The average molecular weight is 281 g/mol. The van der Waals surface area contributed by atoms with Gasteiger partial charge in [0.25, 0.3) is 0 Å². The van der Waals surface area contributed by atoms with Crippen molar-refractivity contribution in [2.75, 3.05) is 7.11 Å². The molecule has 0 saturated heterocycles. The third-order valence-corrected chi connectivity index (χ3v) is 2.49. The zero-order valence-electron chi connectivity index (χ0n) is 8.35. The number of benzene rings is 1. The number of aliphatic hydroxyl groups is 1. The maximum absolute atomic E-state index is 13.4. The number of hydrogen-bond acceptors (Lipinski definition) is 2. The first-order valence-corrected chi connectivity index (χ1v) is 5.15. The first-order chi connectivity index (χ1) is 6.97. The molecule has 1 aromatic carbocycles. The Hall–Kier alpha value is -0.680. The van der Waals surface area contributed by atoms with Crippen molar-refractivity contribution in [3.05, 3.63) is 27.7 Å². The summed E-state index contributed by atoms with van der Waals surface area (Å²) in [5.74, 6) is -2.18. The normalized spacial score (nSPS) is 12.7. The quantitative estimate of drug-likeness (QED) is 0.863. The van der Waals surface area contributed by atoms with Gasteiger partial charge in [-0.05, 0) is 28.9 Å². The van der Waals surface area contributed by atoms with Crippen LogP contribution in [-0.2, 0) is 6.42 Å². The van der Waals surface area contributed by atoms with Crippen molar-refractivity contribution in [2.24, 2.45) is 0 Å². The van der Waals surface area contributed by atoms with Crippen LogP contribution in [0.4, 0.5) is 8.78 Å². The molecule has 0 radical (unpaired) electrons. The lowest BCUT2D eigenvalue weighted by Gasteiger charge is -2.12. The minimum absolute atomic E-state index is 0.0245. The molecule has 84 valence electrons. The van der Waals surface area contributed by atoms with Gasteiger partial charge < -0.3 is 9.84 Å². The number of aliphatic hydroxyl groups excluding tert-OH is 1. The third-order valence-electron chi connectivity index (χ3n) is 1.91. The van der Waals surface area contributed by atoms with Crippen molar-refractivity contribution in [1.82, 2.24) is 0 Å². The zero-order valence-corrected chi connectivity index (χ0v) is 9.94. The van der Waals surface area contributed by atoms with E-state index in [1.807, 2.05) is 0 Å². The maximum atomic E-state index is 13.4. The number of hydrogen-bond donors (Lipinski definition) is 1. The monoisotopic (exact) mass is 280 g/mol. The second-order valence-electron chi connectivity index (χ2n) is 3.23. The molecule has 1 aromatic rings. The van der Waals surface area contributed by atoms with Crippen LogP contribution in [0, 0.1) is 11.6 Å². The second kappa shape index (κ2) is 4.90. The zero-order chi connectivity index (χ0) is 11.6. The van der Waals surface area contributed by atoms with Crippen LogP contribution in [0.2, 0.25) is 0 Å². The Labute approximate surface area is 95.0 Å². The van der Waals surface area contributed by atoms with Crippen LogP contribution in [0.1, 0.15) is 12.5 Å². The number of rotatable bonds is 3. The summed E-state index contributed by atoms with van der Waals surface area (Å²) in [6.07, 6.45) is -0.436. The van der Waals surface area contributed by atoms with E-state index in [2.05, 4.69) is 15.9 Å². The maximum Gasteiger partial charge on any atom is 0.202 e. The van der Waals surface area contributed by atoms with Gasteiger partial charge in [0.1, 0.15) is 0 Å². The van der Waals surface area contributed by atoms with Gasteiger partial charge in [-0.2, -0.15) is 4.39 Å². The predicted octanol–water partition coefficient (Wildman–Crippen LogP) is 2.66. The van der Waals surface area contributed by atoms with E-state index in [0.29, 0.717) is 5.56 Å². The molecular weight excluding hydrogens is 270 g/mol. The second-order valence-corrected chi connectivity index (χ2v) is 4.09. The molecule has 0 fully saturated rings. The average Bonchev–Trinajstić information content (AvgIpc) is 2.14. The van der Waals surface area contributed by atoms with Crippen molar-refractivity contribution in [1.29, 1.82) is 0 Å². The van der Waals surface area contributed by atoms with Crippen LogP contribution in [0.5, 0.6) is 5.75 Å². The lowest BCUT2D eigenvalue weighted by molar-refractivity contribution is 0.193. The molecule has 2 nitrogen and oxygen atoms in total. The van der Waals surface area contributed by atoms with Crippen molar-refractivity contribution in [3.63, 3.8) is 0 Å². The molecule has 0 spiro atoms. The minimum atomic E-state index is -1.04. The fourth-order valence-electron chi connectivity index (χ4n) is 1.32. The summed E-state index contributed by atoms with van der Waals surface area (Å²) < 4.78 is 31.3. The fraction of sp³-hybridized carbons (Fsp3) is 0.400. The molecule has 0 amide bonds. The summed E-state index contributed by atoms with van der Waals surface area (Å²) in [6, 6.07) is 1.41. The van der Waals surface area contributed by atoms with E-state index in [1.54, 1.807) is 6.92 Å². The molecule has 0 aliphatic carbocycles. The molecule has 1 atom stereocenters. The molecular formula is C10H11BrF2O2. The van der Waals surface area contributed by atoms with Gasteiger partial charge in [0.15, 0.2) is 11.6 Å². The van der Waals surface area contributed by atoms with E-state index in [0.717, 1.165) is 0 Å². The van der Waals surface area contributed by atoms with E-state index in [4.69, 9.17) is 4.74 Å². The fourth-order valence-corrected chi connectivity index (χ4v) is 1.77. The van der Waals surface area contributed by atoms with Crippen molar-refractivity contribution in [2.45, 2.75) is 19.4 Å². The Morgan fingerprint density at radius 2 is 2.07 bits per heavy atom. The Bertz CT molecular complexity index is 367. The van der Waals surface area contributed by atoms with Crippen molar-refractivity contribution < 1.29 is 18.6 Å². The van der Waals surface area contributed by atoms with Gasteiger partial charge in [-0.1, -0.05) is 0 Å². The van der Waals surface area contributed by atoms with E-state index in [9.17, 15) is 13.9 Å². The van der Waals surface area contributed by atoms with E-state index < -0.39 is 17.7 Å². The van der Waals surface area contributed by atoms with Gasteiger partial charge >= 0.3 is 0 Å². The van der Waals surface area contributed by atoms with Crippen LogP contribution in [0.3, 0.4) is 0 Å². The van der Waals surface area contributed by atoms with Crippen molar-refractivity contribution in [3.8, 4) is 5.75 Å². The first kappa shape index (κ1) is 12.4. The van der Waals surface area contributed by atoms with E-state index >= 15 is 0 Å². The Balaban J connectivity index is 3.25. The molecule has 1 N–H and O–H groups in total. The van der Waals surface area contributed by atoms with Gasteiger partial charge in [0.2, 0.25) is 5.82 Å². The van der Waals surface area contributed by atoms with Gasteiger partial charge in [-0.3, -0.25) is 0 Å². The van der Waals surface area contributed by atoms with Crippen molar-refractivity contribution >= 4 is 15.9 Å².